The number of benzene rings is 2. The lowest BCUT2D eigenvalue weighted by Gasteiger charge is -2.21. The molecule has 2 aromatic carbocycles. The zero-order chi connectivity index (χ0) is 22.4. The quantitative estimate of drug-likeness (QED) is 0.708. The third-order valence-corrected chi connectivity index (χ3v) is 6.55. The molecule has 0 aliphatic heterocycles. The van der Waals surface area contributed by atoms with Crippen molar-refractivity contribution in [3.63, 3.8) is 0 Å². The maximum atomic E-state index is 14.5. The Labute approximate surface area is 171 Å². The van der Waals surface area contributed by atoms with E-state index in [1.54, 1.807) is 6.07 Å². The van der Waals surface area contributed by atoms with Gasteiger partial charge in [-0.2, -0.15) is 5.26 Å². The number of alkyl halides is 3. The van der Waals surface area contributed by atoms with Crippen LogP contribution in [0.3, 0.4) is 0 Å². The van der Waals surface area contributed by atoms with Gasteiger partial charge in [-0.15, -0.1) is 0 Å². The van der Waals surface area contributed by atoms with Crippen molar-refractivity contribution in [3.8, 4) is 6.07 Å². The van der Waals surface area contributed by atoms with Crippen LogP contribution in [0.1, 0.15) is 52.8 Å². The lowest BCUT2D eigenvalue weighted by atomic mass is 9.88. The molecule has 4 nitrogen and oxygen atoms in total. The Morgan fingerprint density at radius 1 is 1.30 bits per heavy atom. The molecule has 1 aliphatic carbocycles. The van der Waals surface area contributed by atoms with Crippen LogP contribution in [0.2, 0.25) is 0 Å². The van der Waals surface area contributed by atoms with E-state index in [0.29, 0.717) is 11.6 Å². The van der Waals surface area contributed by atoms with Crippen molar-refractivity contribution in [1.29, 1.82) is 5.26 Å². The van der Waals surface area contributed by atoms with Gasteiger partial charge in [0.05, 0.1) is 16.5 Å². The van der Waals surface area contributed by atoms with Crippen LogP contribution in [0.25, 0.3) is 0 Å². The molecule has 0 spiro atoms. The molecule has 160 valence electrons. The second kappa shape index (κ2) is 7.67. The third-order valence-electron chi connectivity index (χ3n) is 5.39. The van der Waals surface area contributed by atoms with E-state index < -0.39 is 45.8 Å². The summed E-state index contributed by atoms with van der Waals surface area (Å²) in [5.74, 6) is -4.38. The molecule has 0 saturated heterocycles. The Hall–Kier alpha value is -2.44. The molecular formula is C21H19F4NO3S. The van der Waals surface area contributed by atoms with Crippen LogP contribution >= 0.6 is 0 Å². The van der Waals surface area contributed by atoms with Crippen LogP contribution in [-0.4, -0.2) is 26.0 Å². The van der Waals surface area contributed by atoms with Gasteiger partial charge in [0.1, 0.15) is 18.1 Å². The molecule has 0 amide bonds. The van der Waals surface area contributed by atoms with Crippen molar-refractivity contribution < 1.29 is 31.1 Å². The van der Waals surface area contributed by atoms with Crippen LogP contribution in [0.15, 0.2) is 29.2 Å². The van der Waals surface area contributed by atoms with Crippen molar-refractivity contribution in [2.75, 3.05) is 6.26 Å². The topological polar surface area (TPSA) is 78.2 Å². The minimum Gasteiger partial charge on any atom is -0.385 e. The average molecular weight is 441 g/mol. The van der Waals surface area contributed by atoms with E-state index in [9.17, 15) is 36.3 Å². The first kappa shape index (κ1) is 22.2. The summed E-state index contributed by atoms with van der Waals surface area (Å²) in [5.41, 5.74) is -0.624. The summed E-state index contributed by atoms with van der Waals surface area (Å²) >= 11 is 0. The molecule has 0 saturated carbocycles. The van der Waals surface area contributed by atoms with Crippen molar-refractivity contribution in [2.24, 2.45) is 0 Å². The molecule has 0 bridgehead atoms. The molecule has 0 radical (unpaired) electrons. The molecule has 2 atom stereocenters. The molecule has 2 unspecified atom stereocenters. The number of aliphatic hydroxyl groups excluding tert-OH is 1. The second-order valence-electron chi connectivity index (χ2n) is 7.38. The normalized spacial score (nSPS) is 18.9. The Balaban J connectivity index is 2.24. The SMILES string of the molecule is CCC(F)(F)c1cc(F)cc(C#N)c1Cc1ccc(S(C)(=O)=O)c2c1CC(F)C2O. The zero-order valence-electron chi connectivity index (χ0n) is 16.2. The fraction of sp³-hybridized carbons (Fsp3) is 0.381. The van der Waals surface area contributed by atoms with Crippen molar-refractivity contribution >= 4 is 9.84 Å². The lowest BCUT2D eigenvalue weighted by molar-refractivity contribution is -0.00938. The summed E-state index contributed by atoms with van der Waals surface area (Å²) in [6.07, 6.45) is -3.66. The Bertz CT molecular complexity index is 1160. The maximum absolute atomic E-state index is 14.5. The molecule has 0 fully saturated rings. The van der Waals surface area contributed by atoms with Gasteiger partial charge in [0, 0.05) is 30.2 Å². The smallest absolute Gasteiger partial charge is 0.273 e. The van der Waals surface area contributed by atoms with Crippen molar-refractivity contribution in [3.05, 3.63) is 63.5 Å². The highest BCUT2D eigenvalue weighted by Crippen LogP contribution is 2.42. The summed E-state index contributed by atoms with van der Waals surface area (Å²) in [6.45, 7) is 1.23. The van der Waals surface area contributed by atoms with Gasteiger partial charge in [-0.25, -0.2) is 26.0 Å². The first-order valence-electron chi connectivity index (χ1n) is 9.18. The molecule has 2 aromatic rings. The van der Waals surface area contributed by atoms with E-state index in [0.717, 1.165) is 12.3 Å². The molecular weight excluding hydrogens is 422 g/mol. The molecule has 9 heteroatoms. The van der Waals surface area contributed by atoms with Crippen LogP contribution in [0.5, 0.6) is 0 Å². The highest BCUT2D eigenvalue weighted by atomic mass is 32.2. The summed E-state index contributed by atoms with van der Waals surface area (Å²) < 4.78 is 81.3. The van der Waals surface area contributed by atoms with Gasteiger partial charge in [0.25, 0.3) is 5.92 Å². The van der Waals surface area contributed by atoms with Crippen LogP contribution in [0, 0.1) is 17.1 Å². The molecule has 30 heavy (non-hydrogen) atoms. The van der Waals surface area contributed by atoms with E-state index in [1.807, 2.05) is 0 Å². The Kier molecular flexibility index (Phi) is 5.69. The molecule has 1 aliphatic rings. The molecule has 0 heterocycles. The Morgan fingerprint density at radius 3 is 2.53 bits per heavy atom. The lowest BCUT2D eigenvalue weighted by Crippen LogP contribution is -2.17. The predicted octanol–water partition coefficient (Wildman–Crippen LogP) is 4.12. The number of hydrogen-bond acceptors (Lipinski definition) is 4. The van der Waals surface area contributed by atoms with Crippen molar-refractivity contribution in [1.82, 2.24) is 0 Å². The number of nitrogens with zero attached hydrogens (tertiary/aromatic N) is 1. The predicted molar refractivity (Wildman–Crippen MR) is 101 cm³/mol. The fourth-order valence-corrected chi connectivity index (χ4v) is 4.82. The van der Waals surface area contributed by atoms with E-state index in [4.69, 9.17) is 0 Å². The van der Waals surface area contributed by atoms with Gasteiger partial charge in [-0.3, -0.25) is 0 Å². The summed E-state index contributed by atoms with van der Waals surface area (Å²) in [6, 6.07) is 5.80. The largest absolute Gasteiger partial charge is 0.385 e. The highest BCUT2D eigenvalue weighted by Gasteiger charge is 2.38. The number of nitriles is 1. The van der Waals surface area contributed by atoms with Gasteiger partial charge in [0.2, 0.25) is 0 Å². The van der Waals surface area contributed by atoms with E-state index in [1.165, 1.54) is 19.1 Å². The number of fused-ring (bicyclic) bond motifs is 1. The van der Waals surface area contributed by atoms with Crippen LogP contribution < -0.4 is 0 Å². The molecule has 3 rings (SSSR count). The minimum atomic E-state index is -3.78. The zero-order valence-corrected chi connectivity index (χ0v) is 17.0. The first-order valence-corrected chi connectivity index (χ1v) is 11.1. The minimum absolute atomic E-state index is 0.0908. The highest BCUT2D eigenvalue weighted by molar-refractivity contribution is 7.90. The maximum Gasteiger partial charge on any atom is 0.273 e. The van der Waals surface area contributed by atoms with Gasteiger partial charge in [-0.05, 0) is 41.3 Å². The number of halogens is 4. The monoisotopic (exact) mass is 441 g/mol. The summed E-state index contributed by atoms with van der Waals surface area (Å²) in [4.78, 5) is -0.229. The summed E-state index contributed by atoms with van der Waals surface area (Å²) in [5, 5.41) is 19.6. The standard InChI is InChI=1S/C21H19F4NO3S/c1-3-21(24,25)16-8-13(22)6-12(10-26)14(16)7-11-4-5-18(30(2,28)29)19-15(11)9-17(23)20(19)27/h4-6,8,17,20,27H,3,7,9H2,1-2H3. The third kappa shape index (κ3) is 3.82. The van der Waals surface area contributed by atoms with Crippen molar-refractivity contribution in [2.45, 2.75) is 49.3 Å². The first-order chi connectivity index (χ1) is 13.9. The van der Waals surface area contributed by atoms with E-state index in [-0.39, 0.29) is 40.0 Å². The fourth-order valence-electron chi connectivity index (χ4n) is 3.86. The van der Waals surface area contributed by atoms with Gasteiger partial charge in [-0.1, -0.05) is 13.0 Å². The Morgan fingerprint density at radius 2 is 1.97 bits per heavy atom. The molecule has 0 aromatic heterocycles. The number of aliphatic hydroxyl groups is 1. The van der Waals surface area contributed by atoms with E-state index in [2.05, 4.69) is 0 Å². The number of rotatable bonds is 5. The number of sulfone groups is 1. The van der Waals surface area contributed by atoms with Gasteiger partial charge < -0.3 is 5.11 Å². The van der Waals surface area contributed by atoms with E-state index >= 15 is 0 Å². The number of hydrogen-bond donors (Lipinski definition) is 1. The van der Waals surface area contributed by atoms with Gasteiger partial charge in [0.15, 0.2) is 9.84 Å². The van der Waals surface area contributed by atoms with Gasteiger partial charge >= 0.3 is 0 Å². The molecule has 1 N–H and O–H groups in total. The van der Waals surface area contributed by atoms with Crippen LogP contribution in [0.4, 0.5) is 17.6 Å². The second-order valence-corrected chi connectivity index (χ2v) is 9.36. The summed E-state index contributed by atoms with van der Waals surface area (Å²) in [7, 11) is -3.78. The average Bonchev–Trinajstić information content (AvgIpc) is 2.97. The van der Waals surface area contributed by atoms with Crippen LogP contribution in [-0.2, 0) is 28.6 Å².